The van der Waals surface area contributed by atoms with Gasteiger partial charge in [-0.15, -0.1) is 12.4 Å². The summed E-state index contributed by atoms with van der Waals surface area (Å²) in [6.45, 7) is 5.58. The molecule has 26 heavy (non-hydrogen) atoms. The van der Waals surface area contributed by atoms with Gasteiger partial charge in [0.15, 0.2) is 0 Å². The molecule has 1 fully saturated rings. The summed E-state index contributed by atoms with van der Waals surface area (Å²) < 4.78 is 0. The van der Waals surface area contributed by atoms with Crippen LogP contribution in [0.4, 0.5) is 0 Å². The molecule has 4 nitrogen and oxygen atoms in total. The van der Waals surface area contributed by atoms with Crippen molar-refractivity contribution in [1.82, 2.24) is 10.2 Å². The lowest BCUT2D eigenvalue weighted by molar-refractivity contribution is -0.123. The van der Waals surface area contributed by atoms with Crippen molar-refractivity contribution >= 4 is 18.3 Å². The van der Waals surface area contributed by atoms with Gasteiger partial charge in [-0.05, 0) is 36.9 Å². The standard InChI is InChI=1S/C21H35N3O.ClH/c1-4-16(2)20(22)21(25)23-14-17-10-8-9-11-18(17)15-24(3)19-12-6-5-7-13-19;/h8-11,16,19-20H,4-7,12-15,22H2,1-3H3,(H,23,25);1H. The molecule has 5 heteroatoms. The molecule has 2 unspecified atom stereocenters. The second-order valence-electron chi connectivity index (χ2n) is 7.60. The maximum absolute atomic E-state index is 12.3. The highest BCUT2D eigenvalue weighted by Gasteiger charge is 2.20. The van der Waals surface area contributed by atoms with Gasteiger partial charge in [0, 0.05) is 19.1 Å². The molecular weight excluding hydrogens is 346 g/mol. The minimum atomic E-state index is -0.429. The third kappa shape index (κ3) is 6.57. The molecule has 0 aliphatic heterocycles. The van der Waals surface area contributed by atoms with E-state index in [1.165, 1.54) is 43.2 Å². The first kappa shape index (κ1) is 22.9. The Balaban J connectivity index is 0.00000338. The van der Waals surface area contributed by atoms with Crippen LogP contribution in [0.3, 0.4) is 0 Å². The number of hydrogen-bond donors (Lipinski definition) is 2. The van der Waals surface area contributed by atoms with E-state index in [2.05, 4.69) is 42.4 Å². The molecule has 2 atom stereocenters. The van der Waals surface area contributed by atoms with E-state index in [0.29, 0.717) is 12.6 Å². The molecule has 0 heterocycles. The molecule has 1 aromatic rings. The van der Waals surface area contributed by atoms with Crippen molar-refractivity contribution in [1.29, 1.82) is 0 Å². The van der Waals surface area contributed by atoms with E-state index in [0.717, 1.165) is 13.0 Å². The Hall–Kier alpha value is -1.10. The van der Waals surface area contributed by atoms with E-state index in [9.17, 15) is 4.79 Å². The lowest BCUT2D eigenvalue weighted by Gasteiger charge is -2.31. The van der Waals surface area contributed by atoms with Crippen LogP contribution in [0.1, 0.15) is 63.5 Å². The fourth-order valence-electron chi connectivity index (χ4n) is 3.62. The molecule has 1 saturated carbocycles. The number of hydrogen-bond acceptors (Lipinski definition) is 3. The van der Waals surface area contributed by atoms with E-state index in [1.807, 2.05) is 13.0 Å². The van der Waals surface area contributed by atoms with Crippen molar-refractivity contribution < 1.29 is 4.79 Å². The number of carbonyl (C=O) groups is 1. The van der Waals surface area contributed by atoms with Crippen LogP contribution in [-0.2, 0) is 17.9 Å². The average molecular weight is 382 g/mol. The lowest BCUT2D eigenvalue weighted by atomic mass is 9.94. The minimum Gasteiger partial charge on any atom is -0.351 e. The number of halogens is 1. The van der Waals surface area contributed by atoms with E-state index >= 15 is 0 Å². The zero-order chi connectivity index (χ0) is 18.2. The summed E-state index contributed by atoms with van der Waals surface area (Å²) in [5.74, 6) is 0.150. The number of nitrogens with zero attached hydrogens (tertiary/aromatic N) is 1. The number of nitrogens with one attached hydrogen (secondary N) is 1. The van der Waals surface area contributed by atoms with Gasteiger partial charge in [0.05, 0.1) is 6.04 Å². The molecule has 0 aromatic heterocycles. The van der Waals surface area contributed by atoms with Gasteiger partial charge in [-0.3, -0.25) is 9.69 Å². The van der Waals surface area contributed by atoms with Crippen molar-refractivity contribution in [3.05, 3.63) is 35.4 Å². The molecule has 1 aromatic carbocycles. The fraction of sp³-hybridized carbons (Fsp3) is 0.667. The molecule has 0 radical (unpaired) electrons. The van der Waals surface area contributed by atoms with Gasteiger partial charge in [0.25, 0.3) is 0 Å². The number of amides is 1. The van der Waals surface area contributed by atoms with Crippen LogP contribution >= 0.6 is 12.4 Å². The zero-order valence-corrected chi connectivity index (χ0v) is 17.4. The normalized spacial score (nSPS) is 17.4. The van der Waals surface area contributed by atoms with Crippen molar-refractivity contribution in [3.63, 3.8) is 0 Å². The molecule has 2 rings (SSSR count). The molecule has 0 bridgehead atoms. The lowest BCUT2D eigenvalue weighted by Crippen LogP contribution is -2.44. The zero-order valence-electron chi connectivity index (χ0n) is 16.5. The average Bonchev–Trinajstić information content (AvgIpc) is 2.66. The van der Waals surface area contributed by atoms with Crippen LogP contribution in [-0.4, -0.2) is 29.9 Å². The highest BCUT2D eigenvalue weighted by Crippen LogP contribution is 2.23. The van der Waals surface area contributed by atoms with Crippen LogP contribution in [0, 0.1) is 5.92 Å². The van der Waals surface area contributed by atoms with E-state index in [4.69, 9.17) is 5.73 Å². The van der Waals surface area contributed by atoms with Crippen LogP contribution in [0.25, 0.3) is 0 Å². The minimum absolute atomic E-state index is 0. The SMILES string of the molecule is CCC(C)C(N)C(=O)NCc1ccccc1CN(C)C1CCCCC1.Cl. The van der Waals surface area contributed by atoms with E-state index < -0.39 is 6.04 Å². The Kier molecular flexibility index (Phi) is 10.2. The van der Waals surface area contributed by atoms with Gasteiger partial charge in [0.2, 0.25) is 5.91 Å². The third-order valence-corrected chi connectivity index (χ3v) is 5.75. The molecule has 1 aliphatic carbocycles. The van der Waals surface area contributed by atoms with Gasteiger partial charge in [-0.1, -0.05) is 63.8 Å². The number of nitrogens with two attached hydrogens (primary N) is 1. The Labute approximate surface area is 165 Å². The third-order valence-electron chi connectivity index (χ3n) is 5.75. The van der Waals surface area contributed by atoms with Crippen LogP contribution in [0.15, 0.2) is 24.3 Å². The first-order valence-corrected chi connectivity index (χ1v) is 9.83. The molecule has 1 aliphatic rings. The first-order valence-electron chi connectivity index (χ1n) is 9.83. The summed E-state index contributed by atoms with van der Waals surface area (Å²) in [5.41, 5.74) is 8.52. The molecule has 1 amide bonds. The summed E-state index contributed by atoms with van der Waals surface area (Å²) in [6, 6.07) is 8.67. The molecular formula is C21H36ClN3O. The smallest absolute Gasteiger partial charge is 0.237 e. The summed E-state index contributed by atoms with van der Waals surface area (Å²) in [7, 11) is 2.23. The molecule has 0 saturated heterocycles. The Morgan fingerprint density at radius 1 is 1.23 bits per heavy atom. The highest BCUT2D eigenvalue weighted by molar-refractivity contribution is 5.85. The Bertz CT molecular complexity index is 546. The predicted octanol–water partition coefficient (Wildman–Crippen LogP) is 3.86. The van der Waals surface area contributed by atoms with Crippen molar-refractivity contribution in [2.45, 2.75) is 77.5 Å². The molecule has 3 N–H and O–H groups in total. The van der Waals surface area contributed by atoms with E-state index in [-0.39, 0.29) is 24.2 Å². The number of carbonyl (C=O) groups excluding carboxylic acids is 1. The van der Waals surface area contributed by atoms with E-state index in [1.54, 1.807) is 0 Å². The van der Waals surface area contributed by atoms with Crippen molar-refractivity contribution in [2.75, 3.05) is 7.05 Å². The van der Waals surface area contributed by atoms with Crippen LogP contribution in [0.2, 0.25) is 0 Å². The van der Waals surface area contributed by atoms with Gasteiger partial charge in [-0.25, -0.2) is 0 Å². The summed E-state index contributed by atoms with van der Waals surface area (Å²) >= 11 is 0. The largest absolute Gasteiger partial charge is 0.351 e. The summed E-state index contributed by atoms with van der Waals surface area (Å²) in [5, 5.41) is 3.02. The van der Waals surface area contributed by atoms with Gasteiger partial charge < -0.3 is 11.1 Å². The molecule has 0 spiro atoms. The van der Waals surface area contributed by atoms with Gasteiger partial charge in [-0.2, -0.15) is 0 Å². The Morgan fingerprint density at radius 3 is 2.46 bits per heavy atom. The maximum atomic E-state index is 12.3. The summed E-state index contributed by atoms with van der Waals surface area (Å²) in [6.07, 6.45) is 7.60. The predicted molar refractivity (Wildman–Crippen MR) is 111 cm³/mol. The first-order chi connectivity index (χ1) is 12.0. The quantitative estimate of drug-likeness (QED) is 0.718. The van der Waals surface area contributed by atoms with Crippen molar-refractivity contribution in [2.24, 2.45) is 11.7 Å². The van der Waals surface area contributed by atoms with Crippen molar-refractivity contribution in [3.8, 4) is 0 Å². The topological polar surface area (TPSA) is 58.4 Å². The second-order valence-corrected chi connectivity index (χ2v) is 7.60. The highest BCUT2D eigenvalue weighted by atomic mass is 35.5. The Morgan fingerprint density at radius 2 is 1.85 bits per heavy atom. The molecule has 148 valence electrons. The van der Waals surface area contributed by atoms with Gasteiger partial charge in [0.1, 0.15) is 0 Å². The van der Waals surface area contributed by atoms with Crippen LogP contribution in [0.5, 0.6) is 0 Å². The summed E-state index contributed by atoms with van der Waals surface area (Å²) in [4.78, 5) is 14.7. The monoisotopic (exact) mass is 381 g/mol. The number of benzene rings is 1. The fourth-order valence-corrected chi connectivity index (χ4v) is 3.62. The number of rotatable bonds is 8. The maximum Gasteiger partial charge on any atom is 0.237 e. The second kappa shape index (κ2) is 11.6. The van der Waals surface area contributed by atoms with Gasteiger partial charge >= 0.3 is 0 Å². The van der Waals surface area contributed by atoms with Crippen LogP contribution < -0.4 is 11.1 Å².